The number of carbonyl (C=O) groups excluding carboxylic acids is 1. The van der Waals surface area contributed by atoms with Gasteiger partial charge in [0.25, 0.3) is 0 Å². The van der Waals surface area contributed by atoms with E-state index in [0.717, 1.165) is 42.4 Å². The highest BCUT2D eigenvalue weighted by Crippen LogP contribution is 2.36. The van der Waals surface area contributed by atoms with Crippen molar-refractivity contribution < 1.29 is 9.32 Å². The van der Waals surface area contributed by atoms with Crippen molar-refractivity contribution in [1.82, 2.24) is 14.7 Å². The second-order valence-corrected chi connectivity index (χ2v) is 6.77. The van der Waals surface area contributed by atoms with Crippen LogP contribution in [-0.4, -0.2) is 27.2 Å². The van der Waals surface area contributed by atoms with E-state index >= 15 is 0 Å². The highest BCUT2D eigenvalue weighted by atomic mass is 16.5. The molecule has 2 aromatic rings. The molecular formula is C18H26N4O2. The average Bonchev–Trinajstić information content (AvgIpc) is 3.15. The molecule has 2 aromatic heterocycles. The van der Waals surface area contributed by atoms with Gasteiger partial charge in [0.15, 0.2) is 0 Å². The minimum Gasteiger partial charge on any atom is -0.361 e. The van der Waals surface area contributed by atoms with Gasteiger partial charge in [-0.2, -0.15) is 0 Å². The summed E-state index contributed by atoms with van der Waals surface area (Å²) in [4.78, 5) is 13.9. The number of hydrogen-bond donors (Lipinski definition) is 1. The lowest BCUT2D eigenvalue weighted by Crippen LogP contribution is -2.25. The third-order valence-electron chi connectivity index (χ3n) is 4.96. The second kappa shape index (κ2) is 6.43. The summed E-state index contributed by atoms with van der Waals surface area (Å²) in [5, 5.41) is 4.12. The van der Waals surface area contributed by atoms with Crippen molar-refractivity contribution in [3.63, 3.8) is 0 Å². The molecule has 0 spiro atoms. The maximum absolute atomic E-state index is 11.4. The monoisotopic (exact) mass is 330 g/mol. The zero-order chi connectivity index (χ0) is 17.4. The lowest BCUT2D eigenvalue weighted by Gasteiger charge is -2.24. The molecule has 1 saturated heterocycles. The van der Waals surface area contributed by atoms with Crippen LogP contribution in [0.4, 0.5) is 0 Å². The standard InChI is InChI=1S/C18H26N4O2/c1-11-9-16(13(3)22(11)19-15(5)23)10-21-8-6-7-17(21)18-12(2)20-24-14(18)4/h9,17H,6-8,10H2,1-5H3,(H,19,23)/t17-/m1/s1. The van der Waals surface area contributed by atoms with E-state index in [-0.39, 0.29) is 5.91 Å². The molecule has 3 rings (SSSR count). The Morgan fingerprint density at radius 1 is 1.38 bits per heavy atom. The molecule has 0 saturated carbocycles. The number of hydrogen-bond acceptors (Lipinski definition) is 4. The van der Waals surface area contributed by atoms with Crippen LogP contribution in [-0.2, 0) is 11.3 Å². The van der Waals surface area contributed by atoms with E-state index in [0.29, 0.717) is 6.04 Å². The summed E-state index contributed by atoms with van der Waals surface area (Å²) in [5.74, 6) is 0.867. The average molecular weight is 330 g/mol. The number of carbonyl (C=O) groups is 1. The van der Waals surface area contributed by atoms with Crippen LogP contribution < -0.4 is 5.43 Å². The van der Waals surface area contributed by atoms with Gasteiger partial charge in [-0.15, -0.1) is 0 Å². The number of nitrogens with one attached hydrogen (secondary N) is 1. The van der Waals surface area contributed by atoms with Crippen LogP contribution in [0.3, 0.4) is 0 Å². The van der Waals surface area contributed by atoms with E-state index < -0.39 is 0 Å². The molecule has 6 nitrogen and oxygen atoms in total. The van der Waals surface area contributed by atoms with Crippen molar-refractivity contribution in [3.8, 4) is 0 Å². The van der Waals surface area contributed by atoms with E-state index in [2.05, 4.69) is 28.5 Å². The molecule has 0 unspecified atom stereocenters. The highest BCUT2D eigenvalue weighted by Gasteiger charge is 2.31. The van der Waals surface area contributed by atoms with Crippen molar-refractivity contribution in [2.45, 2.75) is 60.0 Å². The summed E-state index contributed by atoms with van der Waals surface area (Å²) in [7, 11) is 0. The summed E-state index contributed by atoms with van der Waals surface area (Å²) >= 11 is 0. The quantitative estimate of drug-likeness (QED) is 0.935. The predicted molar refractivity (Wildman–Crippen MR) is 92.3 cm³/mol. The van der Waals surface area contributed by atoms with Crippen molar-refractivity contribution in [2.75, 3.05) is 12.0 Å². The Balaban J connectivity index is 1.84. The third kappa shape index (κ3) is 2.98. The van der Waals surface area contributed by atoms with Crippen molar-refractivity contribution in [2.24, 2.45) is 0 Å². The lowest BCUT2D eigenvalue weighted by molar-refractivity contribution is -0.115. The smallest absolute Gasteiger partial charge is 0.235 e. The number of amides is 1. The number of nitrogens with zero attached hydrogens (tertiary/aromatic N) is 3. The Morgan fingerprint density at radius 3 is 2.75 bits per heavy atom. The van der Waals surface area contributed by atoms with Crippen molar-refractivity contribution in [1.29, 1.82) is 0 Å². The molecule has 130 valence electrons. The molecule has 0 radical (unpaired) electrons. The van der Waals surface area contributed by atoms with Crippen LogP contribution in [0, 0.1) is 27.7 Å². The van der Waals surface area contributed by atoms with Crippen LogP contribution in [0.1, 0.15) is 59.8 Å². The molecule has 1 aliphatic rings. The van der Waals surface area contributed by atoms with Crippen molar-refractivity contribution >= 4 is 5.91 Å². The fourth-order valence-corrected chi connectivity index (χ4v) is 3.85. The highest BCUT2D eigenvalue weighted by molar-refractivity contribution is 5.81. The zero-order valence-corrected chi connectivity index (χ0v) is 15.1. The van der Waals surface area contributed by atoms with Crippen LogP contribution in [0.25, 0.3) is 0 Å². The zero-order valence-electron chi connectivity index (χ0n) is 15.1. The second-order valence-electron chi connectivity index (χ2n) is 6.77. The molecule has 1 fully saturated rings. The van der Waals surface area contributed by atoms with Gasteiger partial charge in [0.1, 0.15) is 5.76 Å². The van der Waals surface area contributed by atoms with E-state index in [1.165, 1.54) is 24.5 Å². The normalized spacial score (nSPS) is 18.3. The van der Waals surface area contributed by atoms with E-state index in [9.17, 15) is 4.79 Å². The molecular weight excluding hydrogens is 304 g/mol. The third-order valence-corrected chi connectivity index (χ3v) is 4.96. The molecule has 1 atom stereocenters. The molecule has 6 heteroatoms. The van der Waals surface area contributed by atoms with Gasteiger partial charge in [-0.25, -0.2) is 0 Å². The molecule has 0 aliphatic carbocycles. The number of likely N-dealkylation sites (tertiary alicyclic amines) is 1. The lowest BCUT2D eigenvalue weighted by atomic mass is 10.0. The number of aryl methyl sites for hydroxylation is 3. The Hall–Kier alpha value is -2.08. The van der Waals surface area contributed by atoms with Crippen molar-refractivity contribution in [3.05, 3.63) is 40.0 Å². The predicted octanol–water partition coefficient (Wildman–Crippen LogP) is 3.14. The minimum atomic E-state index is -0.0573. The van der Waals surface area contributed by atoms with Gasteiger partial charge in [0.2, 0.25) is 5.91 Å². The molecule has 1 amide bonds. The Kier molecular flexibility index (Phi) is 4.49. The van der Waals surface area contributed by atoms with Gasteiger partial charge < -0.3 is 4.52 Å². The molecule has 1 N–H and O–H groups in total. The maximum atomic E-state index is 11.4. The molecule has 0 bridgehead atoms. The van der Waals surface area contributed by atoms with Crippen LogP contribution in [0.15, 0.2) is 10.6 Å². The molecule has 0 aromatic carbocycles. The Labute approximate surface area is 142 Å². The molecule has 3 heterocycles. The maximum Gasteiger partial charge on any atom is 0.235 e. The van der Waals surface area contributed by atoms with Crippen LogP contribution in [0.2, 0.25) is 0 Å². The van der Waals surface area contributed by atoms with E-state index in [1.807, 2.05) is 25.4 Å². The minimum absolute atomic E-state index is 0.0573. The first-order valence-electron chi connectivity index (χ1n) is 8.50. The van der Waals surface area contributed by atoms with Gasteiger partial charge in [-0.1, -0.05) is 5.16 Å². The Morgan fingerprint density at radius 2 is 2.12 bits per heavy atom. The molecule has 1 aliphatic heterocycles. The molecule has 24 heavy (non-hydrogen) atoms. The van der Waals surface area contributed by atoms with Gasteiger partial charge in [0, 0.05) is 36.5 Å². The summed E-state index contributed by atoms with van der Waals surface area (Å²) < 4.78 is 7.24. The fourth-order valence-electron chi connectivity index (χ4n) is 3.85. The van der Waals surface area contributed by atoms with Crippen LogP contribution >= 0.6 is 0 Å². The first kappa shape index (κ1) is 16.8. The summed E-state index contributed by atoms with van der Waals surface area (Å²) in [6.07, 6.45) is 2.31. The van der Waals surface area contributed by atoms with Gasteiger partial charge >= 0.3 is 0 Å². The summed E-state index contributed by atoms with van der Waals surface area (Å²) in [6, 6.07) is 2.52. The fraction of sp³-hybridized carbons (Fsp3) is 0.556. The van der Waals surface area contributed by atoms with Crippen LogP contribution in [0.5, 0.6) is 0 Å². The van der Waals surface area contributed by atoms with Gasteiger partial charge in [0.05, 0.1) is 5.69 Å². The van der Waals surface area contributed by atoms with Gasteiger partial charge in [-0.05, 0) is 58.7 Å². The van der Waals surface area contributed by atoms with Gasteiger partial charge in [-0.3, -0.25) is 19.8 Å². The van der Waals surface area contributed by atoms with E-state index in [4.69, 9.17) is 4.52 Å². The largest absolute Gasteiger partial charge is 0.361 e. The first-order chi connectivity index (χ1) is 11.4. The topological polar surface area (TPSA) is 63.3 Å². The van der Waals surface area contributed by atoms with E-state index in [1.54, 1.807) is 0 Å². The SMILES string of the molecule is CC(=O)Nn1c(C)cc(CN2CCC[C@@H]2c2c(C)noc2C)c1C. The number of aromatic nitrogens is 2. The first-order valence-corrected chi connectivity index (χ1v) is 8.50. The Bertz CT molecular complexity index is 740. The number of rotatable bonds is 4. The summed E-state index contributed by atoms with van der Waals surface area (Å²) in [5.41, 5.74) is 8.50. The summed E-state index contributed by atoms with van der Waals surface area (Å²) in [6.45, 7) is 11.6.